The predicted molar refractivity (Wildman–Crippen MR) is 79.2 cm³/mol. The monoisotopic (exact) mass is 301 g/mol. The van der Waals surface area contributed by atoms with Crippen LogP contribution in [0.5, 0.6) is 0 Å². The first-order valence-electron chi connectivity index (χ1n) is 7.85. The summed E-state index contributed by atoms with van der Waals surface area (Å²) in [7, 11) is 0. The topological polar surface area (TPSA) is 84.7 Å². The molecule has 7 heteroatoms. The molecule has 0 atom stereocenters. The van der Waals surface area contributed by atoms with E-state index in [-0.39, 0.29) is 12.0 Å². The highest BCUT2D eigenvalue weighted by molar-refractivity contribution is 5.76. The molecule has 1 aliphatic rings. The molecule has 0 aliphatic heterocycles. The molecule has 1 saturated carbocycles. The van der Waals surface area contributed by atoms with E-state index in [2.05, 4.69) is 28.9 Å². The quantitative estimate of drug-likeness (QED) is 0.516. The lowest BCUT2D eigenvalue weighted by Gasteiger charge is -2.26. The number of rotatable bonds is 9. The molecule has 0 heterocycles. The van der Waals surface area contributed by atoms with Crippen LogP contribution in [0.15, 0.2) is 0 Å². The van der Waals surface area contributed by atoms with Crippen molar-refractivity contribution in [2.45, 2.75) is 52.1 Å². The number of nitrogens with one attached hydrogen (secondary N) is 1. The Kier molecular flexibility index (Phi) is 8.04. The second kappa shape index (κ2) is 9.55. The number of likely N-dealkylation sites (N-methyl/N-ethyl adjacent to an activating group) is 1. The molecule has 1 aliphatic carbocycles. The minimum atomic E-state index is -0.717. The summed E-state index contributed by atoms with van der Waals surface area (Å²) in [5.41, 5.74) is 0. The van der Waals surface area contributed by atoms with Crippen LogP contribution in [0.25, 0.3) is 0 Å². The summed E-state index contributed by atoms with van der Waals surface area (Å²) in [6, 6.07) is 0. The van der Waals surface area contributed by atoms with Crippen LogP contribution in [-0.2, 0) is 9.63 Å². The third-order valence-electron chi connectivity index (χ3n) is 4.15. The minimum Gasteiger partial charge on any atom is -0.355 e. The van der Waals surface area contributed by atoms with Gasteiger partial charge in [0.1, 0.15) is 6.10 Å². The molecule has 0 spiro atoms. The number of carbonyl (C=O) groups excluding carboxylic acids is 1. The van der Waals surface area contributed by atoms with Crippen molar-refractivity contribution < 1.29 is 14.7 Å². The fourth-order valence-electron chi connectivity index (χ4n) is 2.79. The highest BCUT2D eigenvalue weighted by Crippen LogP contribution is 2.28. The Morgan fingerprint density at radius 2 is 1.90 bits per heavy atom. The van der Waals surface area contributed by atoms with Crippen molar-refractivity contribution in [2.75, 3.05) is 26.2 Å². The van der Waals surface area contributed by atoms with Gasteiger partial charge in [-0.3, -0.25) is 4.79 Å². The maximum Gasteiger partial charge on any atom is 0.294 e. The molecule has 0 saturated heterocycles. The fraction of sp³-hybridized carbons (Fsp3) is 0.929. The lowest BCUT2D eigenvalue weighted by molar-refractivity contribution is -0.769. The first kappa shape index (κ1) is 17.7. The van der Waals surface area contributed by atoms with Crippen molar-refractivity contribution in [1.82, 2.24) is 10.2 Å². The third kappa shape index (κ3) is 7.27. The van der Waals surface area contributed by atoms with Crippen LogP contribution in [-0.4, -0.2) is 48.2 Å². The zero-order valence-electron chi connectivity index (χ0n) is 13.0. The van der Waals surface area contributed by atoms with Crippen LogP contribution in [0.1, 0.15) is 46.0 Å². The molecule has 1 rings (SSSR count). The van der Waals surface area contributed by atoms with Gasteiger partial charge < -0.3 is 15.1 Å². The van der Waals surface area contributed by atoms with Gasteiger partial charge in [0, 0.05) is 19.5 Å². The van der Waals surface area contributed by atoms with Crippen molar-refractivity contribution in [3.05, 3.63) is 10.1 Å². The zero-order chi connectivity index (χ0) is 15.7. The van der Waals surface area contributed by atoms with Crippen LogP contribution in [0, 0.1) is 16.0 Å². The van der Waals surface area contributed by atoms with Crippen LogP contribution >= 0.6 is 0 Å². The average Bonchev–Trinajstić information content (AvgIpc) is 2.45. The Morgan fingerprint density at radius 3 is 2.43 bits per heavy atom. The maximum atomic E-state index is 11.9. The molecule has 0 radical (unpaired) electrons. The van der Waals surface area contributed by atoms with Crippen LogP contribution in [0.2, 0.25) is 0 Å². The van der Waals surface area contributed by atoms with Crippen molar-refractivity contribution in [3.8, 4) is 0 Å². The van der Waals surface area contributed by atoms with E-state index in [1.165, 1.54) is 0 Å². The predicted octanol–water partition coefficient (Wildman–Crippen LogP) is 1.60. The Morgan fingerprint density at radius 1 is 1.29 bits per heavy atom. The Hall–Kier alpha value is -1.37. The molecule has 21 heavy (non-hydrogen) atoms. The second-order valence-electron chi connectivity index (χ2n) is 5.55. The molecule has 0 aromatic rings. The smallest absolute Gasteiger partial charge is 0.294 e. The van der Waals surface area contributed by atoms with E-state index in [4.69, 9.17) is 0 Å². The summed E-state index contributed by atoms with van der Waals surface area (Å²) in [5.74, 6) is 0.408. The number of hydrogen-bond donors (Lipinski definition) is 1. The molecular formula is C14H27N3O4. The number of nitrogens with zero attached hydrogens (tertiary/aromatic N) is 2. The van der Waals surface area contributed by atoms with Crippen LogP contribution < -0.4 is 5.32 Å². The van der Waals surface area contributed by atoms with E-state index in [1.54, 1.807) is 0 Å². The molecule has 7 nitrogen and oxygen atoms in total. The first-order chi connectivity index (χ1) is 10.0. The lowest BCUT2D eigenvalue weighted by atomic mass is 9.85. The van der Waals surface area contributed by atoms with E-state index in [1.807, 2.05) is 0 Å². The molecule has 0 aromatic heterocycles. The molecular weight excluding hydrogens is 274 g/mol. The van der Waals surface area contributed by atoms with Gasteiger partial charge in [-0.25, -0.2) is 0 Å². The molecule has 0 unspecified atom stereocenters. The normalized spacial score (nSPS) is 22.0. The van der Waals surface area contributed by atoms with Gasteiger partial charge in [-0.1, -0.05) is 13.8 Å². The summed E-state index contributed by atoms with van der Waals surface area (Å²) in [5, 5.41) is 12.5. The van der Waals surface area contributed by atoms with Crippen molar-refractivity contribution >= 4 is 5.91 Å². The van der Waals surface area contributed by atoms with Gasteiger partial charge in [0.25, 0.3) is 5.09 Å². The SMILES string of the molecule is CCN(CC)CCNC(=O)CC1CCC(O[N+](=O)[O-])CC1. The Bertz CT molecular complexity index is 326. The summed E-state index contributed by atoms with van der Waals surface area (Å²) in [6.45, 7) is 7.76. The highest BCUT2D eigenvalue weighted by Gasteiger charge is 2.25. The molecule has 1 fully saturated rings. The van der Waals surface area contributed by atoms with Crippen molar-refractivity contribution in [2.24, 2.45) is 5.92 Å². The van der Waals surface area contributed by atoms with Gasteiger partial charge in [-0.05, 0) is 44.7 Å². The lowest BCUT2D eigenvalue weighted by Crippen LogP contribution is -2.36. The first-order valence-corrected chi connectivity index (χ1v) is 7.85. The Balaban J connectivity index is 2.14. The standard InChI is InChI=1S/C14H27N3O4/c1-3-16(4-2)10-9-15-14(18)11-12-5-7-13(8-6-12)21-17(19)20/h12-13H,3-11H2,1-2H3,(H,15,18). The fourth-order valence-corrected chi connectivity index (χ4v) is 2.79. The van der Waals surface area contributed by atoms with Crippen LogP contribution in [0.4, 0.5) is 0 Å². The van der Waals surface area contributed by atoms with Gasteiger partial charge in [0.2, 0.25) is 5.91 Å². The summed E-state index contributed by atoms with van der Waals surface area (Å²) >= 11 is 0. The van der Waals surface area contributed by atoms with E-state index in [0.717, 1.165) is 32.5 Å². The van der Waals surface area contributed by atoms with Gasteiger partial charge in [-0.15, -0.1) is 10.1 Å². The molecule has 0 bridgehead atoms. The molecule has 1 N–H and O–H groups in total. The highest BCUT2D eigenvalue weighted by atomic mass is 17.0. The minimum absolute atomic E-state index is 0.0841. The van der Waals surface area contributed by atoms with E-state index < -0.39 is 5.09 Å². The maximum absolute atomic E-state index is 11.9. The van der Waals surface area contributed by atoms with E-state index in [0.29, 0.717) is 31.7 Å². The summed E-state index contributed by atoms with van der Waals surface area (Å²) < 4.78 is 0. The van der Waals surface area contributed by atoms with Gasteiger partial charge >= 0.3 is 0 Å². The Labute approximate surface area is 126 Å². The number of hydrogen-bond acceptors (Lipinski definition) is 5. The second-order valence-corrected chi connectivity index (χ2v) is 5.55. The van der Waals surface area contributed by atoms with Gasteiger partial charge in [-0.2, -0.15) is 0 Å². The summed E-state index contributed by atoms with van der Waals surface area (Å²) in [6.07, 6.45) is 3.20. The zero-order valence-corrected chi connectivity index (χ0v) is 13.0. The average molecular weight is 301 g/mol. The van der Waals surface area contributed by atoms with E-state index >= 15 is 0 Å². The largest absolute Gasteiger partial charge is 0.355 e. The number of amides is 1. The van der Waals surface area contributed by atoms with Gasteiger partial charge in [0.15, 0.2) is 0 Å². The van der Waals surface area contributed by atoms with E-state index in [9.17, 15) is 14.9 Å². The summed E-state index contributed by atoms with van der Waals surface area (Å²) in [4.78, 5) is 29.0. The van der Waals surface area contributed by atoms with Crippen molar-refractivity contribution in [1.29, 1.82) is 0 Å². The molecule has 122 valence electrons. The van der Waals surface area contributed by atoms with Crippen LogP contribution in [0.3, 0.4) is 0 Å². The number of carbonyl (C=O) groups is 1. The third-order valence-corrected chi connectivity index (χ3v) is 4.15. The van der Waals surface area contributed by atoms with Gasteiger partial charge in [0.05, 0.1) is 0 Å². The molecule has 0 aromatic carbocycles. The molecule has 1 amide bonds. The van der Waals surface area contributed by atoms with Crippen molar-refractivity contribution in [3.63, 3.8) is 0 Å².